The van der Waals surface area contributed by atoms with Crippen molar-refractivity contribution in [2.75, 3.05) is 26.2 Å². The van der Waals surface area contributed by atoms with Gasteiger partial charge in [0.1, 0.15) is 12.2 Å². The maximum atomic E-state index is 13.6. The van der Waals surface area contributed by atoms with Gasteiger partial charge in [0.15, 0.2) is 5.78 Å². The molecule has 2 aromatic rings. The SMILES string of the molecule is CCC(C)CN(C(=O)OC(C)(C)C)C(=O)N(CCc1ccccc1)CC(=O)COCc1ccccc1. The van der Waals surface area contributed by atoms with Crippen LogP contribution in [0.5, 0.6) is 0 Å². The van der Waals surface area contributed by atoms with Crippen LogP contribution in [-0.2, 0) is 27.3 Å². The monoisotopic (exact) mass is 496 g/mol. The van der Waals surface area contributed by atoms with Gasteiger partial charge < -0.3 is 14.4 Å². The van der Waals surface area contributed by atoms with Gasteiger partial charge in [-0.3, -0.25) is 4.79 Å². The van der Waals surface area contributed by atoms with Gasteiger partial charge in [0.05, 0.1) is 13.2 Å². The highest BCUT2D eigenvalue weighted by Crippen LogP contribution is 2.15. The molecule has 0 radical (unpaired) electrons. The number of carbonyl (C=O) groups excluding carboxylic acids is 3. The Morgan fingerprint density at radius 1 is 0.917 bits per heavy atom. The Morgan fingerprint density at radius 2 is 1.50 bits per heavy atom. The van der Waals surface area contributed by atoms with Gasteiger partial charge in [-0.15, -0.1) is 0 Å². The lowest BCUT2D eigenvalue weighted by atomic mass is 10.1. The van der Waals surface area contributed by atoms with Crippen molar-refractivity contribution in [2.24, 2.45) is 5.92 Å². The predicted octanol–water partition coefficient (Wildman–Crippen LogP) is 5.72. The van der Waals surface area contributed by atoms with Crippen molar-refractivity contribution in [3.05, 3.63) is 71.8 Å². The van der Waals surface area contributed by atoms with Crippen molar-refractivity contribution >= 4 is 17.9 Å². The highest BCUT2D eigenvalue weighted by Gasteiger charge is 2.32. The van der Waals surface area contributed by atoms with Gasteiger partial charge in [-0.05, 0) is 44.2 Å². The molecule has 0 fully saturated rings. The summed E-state index contributed by atoms with van der Waals surface area (Å²) >= 11 is 0. The van der Waals surface area contributed by atoms with Crippen LogP contribution >= 0.6 is 0 Å². The summed E-state index contributed by atoms with van der Waals surface area (Å²) in [6.45, 7) is 9.79. The number of ether oxygens (including phenoxy) is 2. The van der Waals surface area contributed by atoms with Crippen molar-refractivity contribution in [3.63, 3.8) is 0 Å². The topological polar surface area (TPSA) is 76.2 Å². The van der Waals surface area contributed by atoms with Crippen LogP contribution in [0.4, 0.5) is 9.59 Å². The van der Waals surface area contributed by atoms with Crippen molar-refractivity contribution in [3.8, 4) is 0 Å². The summed E-state index contributed by atoms with van der Waals surface area (Å²) in [6, 6.07) is 18.8. The van der Waals surface area contributed by atoms with Gasteiger partial charge in [-0.2, -0.15) is 0 Å². The Hall–Kier alpha value is -3.19. The second-order valence-electron chi connectivity index (χ2n) is 10.1. The molecule has 3 amide bonds. The molecule has 36 heavy (non-hydrogen) atoms. The van der Waals surface area contributed by atoms with Crippen LogP contribution in [0.1, 0.15) is 52.2 Å². The Morgan fingerprint density at radius 3 is 2.06 bits per heavy atom. The van der Waals surface area contributed by atoms with Crippen LogP contribution in [0.3, 0.4) is 0 Å². The largest absolute Gasteiger partial charge is 0.443 e. The molecule has 2 aromatic carbocycles. The summed E-state index contributed by atoms with van der Waals surface area (Å²) in [7, 11) is 0. The minimum absolute atomic E-state index is 0.0855. The van der Waals surface area contributed by atoms with E-state index in [1.807, 2.05) is 74.5 Å². The standard InChI is InChI=1S/C29H40N2O5/c1-6-23(2)19-31(28(34)36-29(3,4)5)27(33)30(18-17-24-13-9-7-10-14-24)20-26(32)22-35-21-25-15-11-8-12-16-25/h7-16,23H,6,17-22H2,1-5H3. The molecule has 0 bridgehead atoms. The van der Waals surface area contributed by atoms with E-state index in [2.05, 4.69) is 0 Å². The lowest BCUT2D eigenvalue weighted by Gasteiger charge is -2.32. The fourth-order valence-electron chi connectivity index (χ4n) is 3.43. The molecule has 0 heterocycles. The van der Waals surface area contributed by atoms with Gasteiger partial charge in [0, 0.05) is 13.1 Å². The molecule has 0 saturated heterocycles. The zero-order valence-electron chi connectivity index (χ0n) is 22.2. The van der Waals surface area contributed by atoms with E-state index in [-0.39, 0.29) is 37.9 Å². The molecule has 7 heteroatoms. The number of hydrogen-bond donors (Lipinski definition) is 0. The van der Waals surface area contributed by atoms with E-state index in [9.17, 15) is 14.4 Å². The summed E-state index contributed by atoms with van der Waals surface area (Å²) in [4.78, 5) is 42.0. The van der Waals surface area contributed by atoms with E-state index in [0.717, 1.165) is 22.4 Å². The Kier molecular flexibility index (Phi) is 11.6. The van der Waals surface area contributed by atoms with Crippen molar-refractivity contribution < 1.29 is 23.9 Å². The third kappa shape index (κ3) is 10.6. The Labute approximate surface area is 215 Å². The van der Waals surface area contributed by atoms with Crippen LogP contribution in [0, 0.1) is 5.92 Å². The van der Waals surface area contributed by atoms with E-state index in [1.54, 1.807) is 20.8 Å². The minimum Gasteiger partial charge on any atom is -0.443 e. The third-order valence-electron chi connectivity index (χ3n) is 5.56. The molecule has 1 atom stereocenters. The van der Waals surface area contributed by atoms with E-state index >= 15 is 0 Å². The normalized spacial score (nSPS) is 12.0. The van der Waals surface area contributed by atoms with E-state index in [0.29, 0.717) is 13.0 Å². The van der Waals surface area contributed by atoms with Crippen LogP contribution in [0.2, 0.25) is 0 Å². The van der Waals surface area contributed by atoms with Gasteiger partial charge in [-0.25, -0.2) is 14.5 Å². The van der Waals surface area contributed by atoms with Gasteiger partial charge in [0.25, 0.3) is 0 Å². The number of Topliss-reactive ketones (excluding diaryl/α,β-unsaturated/α-hetero) is 1. The summed E-state index contributed by atoms with van der Waals surface area (Å²) in [5.74, 6) is -0.151. The molecule has 0 aliphatic rings. The lowest BCUT2D eigenvalue weighted by molar-refractivity contribution is -0.124. The molecule has 0 aromatic heterocycles. The number of imide groups is 1. The van der Waals surface area contributed by atoms with Crippen LogP contribution in [0.15, 0.2) is 60.7 Å². The van der Waals surface area contributed by atoms with Gasteiger partial charge in [-0.1, -0.05) is 80.9 Å². The number of nitrogens with zero attached hydrogens (tertiary/aromatic N) is 2. The van der Waals surface area contributed by atoms with Gasteiger partial charge in [0.2, 0.25) is 0 Å². The number of hydrogen-bond acceptors (Lipinski definition) is 5. The molecule has 0 aliphatic heterocycles. The van der Waals surface area contributed by atoms with Crippen LogP contribution in [-0.4, -0.2) is 59.5 Å². The fraction of sp³-hybridized carbons (Fsp3) is 0.483. The molecule has 0 N–H and O–H groups in total. The first-order chi connectivity index (χ1) is 17.1. The Bertz CT molecular complexity index is 957. The van der Waals surface area contributed by atoms with Crippen LogP contribution in [0.25, 0.3) is 0 Å². The maximum absolute atomic E-state index is 13.6. The van der Waals surface area contributed by atoms with E-state index < -0.39 is 17.7 Å². The van der Waals surface area contributed by atoms with E-state index in [4.69, 9.17) is 9.47 Å². The number of urea groups is 1. The average molecular weight is 497 g/mol. The molecule has 2 rings (SSSR count). The summed E-state index contributed by atoms with van der Waals surface area (Å²) < 4.78 is 11.1. The van der Waals surface area contributed by atoms with E-state index in [1.165, 1.54) is 4.90 Å². The molecule has 0 spiro atoms. The van der Waals surface area contributed by atoms with Gasteiger partial charge >= 0.3 is 12.1 Å². The quantitative estimate of drug-likeness (QED) is 0.376. The van der Waals surface area contributed by atoms with Crippen molar-refractivity contribution in [1.82, 2.24) is 9.80 Å². The molecule has 196 valence electrons. The number of amides is 3. The summed E-state index contributed by atoms with van der Waals surface area (Å²) in [5.41, 5.74) is 1.25. The maximum Gasteiger partial charge on any atom is 0.418 e. The molecule has 1 unspecified atom stereocenters. The number of ketones is 1. The molecule has 7 nitrogen and oxygen atoms in total. The first kappa shape index (κ1) is 29.0. The smallest absolute Gasteiger partial charge is 0.418 e. The highest BCUT2D eigenvalue weighted by molar-refractivity contribution is 5.93. The average Bonchev–Trinajstić information content (AvgIpc) is 2.84. The first-order valence-corrected chi connectivity index (χ1v) is 12.6. The number of carbonyl (C=O) groups is 3. The molecular formula is C29H40N2O5. The zero-order valence-corrected chi connectivity index (χ0v) is 22.2. The number of benzene rings is 2. The van der Waals surface area contributed by atoms with Crippen LogP contribution < -0.4 is 0 Å². The second-order valence-corrected chi connectivity index (χ2v) is 10.1. The minimum atomic E-state index is -0.749. The lowest BCUT2D eigenvalue weighted by Crippen LogP contribution is -2.51. The first-order valence-electron chi connectivity index (χ1n) is 12.6. The molecular weight excluding hydrogens is 456 g/mol. The zero-order chi connectivity index (χ0) is 26.6. The summed E-state index contributed by atoms with van der Waals surface area (Å²) in [6.07, 6.45) is 0.643. The Balaban J connectivity index is 2.15. The third-order valence-corrected chi connectivity index (χ3v) is 5.56. The highest BCUT2D eigenvalue weighted by atomic mass is 16.6. The van der Waals surface area contributed by atoms with Crippen molar-refractivity contribution in [1.29, 1.82) is 0 Å². The molecule has 0 aliphatic carbocycles. The molecule has 0 saturated carbocycles. The fourth-order valence-corrected chi connectivity index (χ4v) is 3.43. The van der Waals surface area contributed by atoms with Crippen molar-refractivity contribution in [2.45, 2.75) is 59.7 Å². The number of rotatable bonds is 12. The predicted molar refractivity (Wildman–Crippen MR) is 141 cm³/mol. The summed E-state index contributed by atoms with van der Waals surface area (Å²) in [5, 5.41) is 0. The second kappa shape index (κ2) is 14.4.